The molecule has 1 aliphatic rings. The van der Waals surface area contributed by atoms with Crippen molar-refractivity contribution in [1.82, 2.24) is 14.9 Å². The van der Waals surface area contributed by atoms with E-state index in [0.29, 0.717) is 5.92 Å². The summed E-state index contributed by atoms with van der Waals surface area (Å²) < 4.78 is 0. The molecule has 1 aliphatic heterocycles. The van der Waals surface area contributed by atoms with Gasteiger partial charge in [0.1, 0.15) is 0 Å². The van der Waals surface area contributed by atoms with Gasteiger partial charge in [0.05, 0.1) is 5.52 Å². The summed E-state index contributed by atoms with van der Waals surface area (Å²) in [5.41, 5.74) is 2.07. The Morgan fingerprint density at radius 1 is 1.21 bits per heavy atom. The van der Waals surface area contributed by atoms with E-state index < -0.39 is 0 Å². The van der Waals surface area contributed by atoms with Crippen molar-refractivity contribution < 1.29 is 0 Å². The zero-order chi connectivity index (χ0) is 13.4. The summed E-state index contributed by atoms with van der Waals surface area (Å²) in [6.07, 6.45) is 4.00. The van der Waals surface area contributed by atoms with E-state index in [2.05, 4.69) is 28.0 Å². The number of hydrogen-bond acceptors (Lipinski definition) is 3. The third-order valence-electron chi connectivity index (χ3n) is 3.83. The maximum atomic E-state index is 6.41. The second kappa shape index (κ2) is 5.23. The fourth-order valence-corrected chi connectivity index (χ4v) is 3.14. The lowest BCUT2D eigenvalue weighted by molar-refractivity contribution is 0.255. The molecule has 0 N–H and O–H groups in total. The summed E-state index contributed by atoms with van der Waals surface area (Å²) >= 11 is 12.3. The largest absolute Gasteiger partial charge is 0.306 e. The van der Waals surface area contributed by atoms with Gasteiger partial charge in [0.15, 0.2) is 0 Å². The third kappa shape index (κ3) is 2.69. The Bertz CT molecular complexity index is 607. The number of aromatic nitrogens is 2. The number of hydrogen-bond donors (Lipinski definition) is 0. The minimum absolute atomic E-state index is 0.282. The van der Waals surface area contributed by atoms with Gasteiger partial charge in [-0.2, -0.15) is 0 Å². The molecule has 1 aromatic carbocycles. The number of fused-ring (bicyclic) bond motifs is 1. The Morgan fingerprint density at radius 3 is 2.68 bits per heavy atom. The van der Waals surface area contributed by atoms with Crippen molar-refractivity contribution in [2.24, 2.45) is 0 Å². The summed E-state index contributed by atoms with van der Waals surface area (Å²) in [4.78, 5) is 10.6. The first-order valence-corrected chi connectivity index (χ1v) is 7.19. The second-order valence-electron chi connectivity index (χ2n) is 5.15. The van der Waals surface area contributed by atoms with Crippen LogP contribution in [0.25, 0.3) is 10.9 Å². The van der Waals surface area contributed by atoms with E-state index in [4.69, 9.17) is 23.2 Å². The van der Waals surface area contributed by atoms with Crippen molar-refractivity contribution in [3.63, 3.8) is 0 Å². The zero-order valence-electron chi connectivity index (χ0n) is 10.7. The van der Waals surface area contributed by atoms with E-state index in [1.54, 1.807) is 6.20 Å². The Hall–Kier alpha value is -0.900. The van der Waals surface area contributed by atoms with Crippen molar-refractivity contribution in [2.45, 2.75) is 18.8 Å². The fraction of sp³-hybridized carbons (Fsp3) is 0.429. The minimum atomic E-state index is 0.282. The molecule has 1 aromatic heterocycles. The molecule has 0 unspecified atom stereocenters. The fourth-order valence-electron chi connectivity index (χ4n) is 2.68. The van der Waals surface area contributed by atoms with Gasteiger partial charge in [-0.25, -0.2) is 9.97 Å². The van der Waals surface area contributed by atoms with Crippen LogP contribution < -0.4 is 0 Å². The highest BCUT2D eigenvalue weighted by atomic mass is 35.5. The van der Waals surface area contributed by atoms with Crippen LogP contribution in [-0.4, -0.2) is 35.0 Å². The van der Waals surface area contributed by atoms with E-state index >= 15 is 0 Å². The first-order valence-electron chi connectivity index (χ1n) is 6.44. The second-order valence-corrected chi connectivity index (χ2v) is 5.89. The van der Waals surface area contributed by atoms with Gasteiger partial charge in [-0.1, -0.05) is 11.6 Å². The third-order valence-corrected chi connectivity index (χ3v) is 4.34. The zero-order valence-corrected chi connectivity index (χ0v) is 12.2. The van der Waals surface area contributed by atoms with E-state index in [9.17, 15) is 0 Å². The summed E-state index contributed by atoms with van der Waals surface area (Å²) in [5, 5.41) is 2.03. The minimum Gasteiger partial charge on any atom is -0.306 e. The lowest BCUT2D eigenvalue weighted by Crippen LogP contribution is -2.29. The van der Waals surface area contributed by atoms with Crippen LogP contribution >= 0.6 is 23.2 Å². The molecule has 0 aliphatic carbocycles. The highest BCUT2D eigenvalue weighted by molar-refractivity contribution is 6.32. The van der Waals surface area contributed by atoms with Gasteiger partial charge in [-0.3, -0.25) is 0 Å². The monoisotopic (exact) mass is 295 g/mol. The lowest BCUT2D eigenvalue weighted by Gasteiger charge is -2.29. The van der Waals surface area contributed by atoms with Crippen LogP contribution in [0.15, 0.2) is 18.3 Å². The number of piperidine rings is 1. The molecule has 100 valence electrons. The van der Waals surface area contributed by atoms with Crippen molar-refractivity contribution in [3.8, 4) is 0 Å². The summed E-state index contributed by atoms with van der Waals surface area (Å²) in [5.74, 6) is 0.516. The maximum Gasteiger partial charge on any atom is 0.222 e. The van der Waals surface area contributed by atoms with Crippen molar-refractivity contribution in [3.05, 3.63) is 34.2 Å². The number of rotatable bonds is 1. The van der Waals surface area contributed by atoms with Gasteiger partial charge < -0.3 is 4.90 Å². The Morgan fingerprint density at radius 2 is 1.95 bits per heavy atom. The topological polar surface area (TPSA) is 29.0 Å². The molecule has 0 radical (unpaired) electrons. The Labute approximate surface area is 122 Å². The molecular weight excluding hydrogens is 281 g/mol. The average Bonchev–Trinajstić information content (AvgIpc) is 2.40. The van der Waals surface area contributed by atoms with E-state index in [1.807, 2.05) is 6.07 Å². The maximum absolute atomic E-state index is 6.41. The molecule has 19 heavy (non-hydrogen) atoms. The molecule has 1 fully saturated rings. The molecule has 1 saturated heterocycles. The van der Waals surface area contributed by atoms with Crippen LogP contribution in [0.4, 0.5) is 0 Å². The molecule has 2 aromatic rings. The predicted octanol–water partition coefficient (Wildman–Crippen LogP) is 3.75. The van der Waals surface area contributed by atoms with Gasteiger partial charge in [-0.05, 0) is 68.2 Å². The standard InChI is InChI=1S/C14H15Cl2N3/c1-19-4-2-9(3-5-19)11-7-13-10(6-12(11)15)8-17-14(16)18-13/h6-9H,2-5H2,1H3. The van der Waals surface area contributed by atoms with E-state index in [-0.39, 0.29) is 5.28 Å². The summed E-state index contributed by atoms with van der Waals surface area (Å²) in [7, 11) is 2.16. The quantitative estimate of drug-likeness (QED) is 0.751. The molecule has 0 bridgehead atoms. The first-order chi connectivity index (χ1) is 9.13. The molecule has 3 rings (SSSR count). The van der Waals surface area contributed by atoms with E-state index in [0.717, 1.165) is 41.9 Å². The Balaban J connectivity index is 2.00. The first kappa shape index (κ1) is 13.1. The Kier molecular flexibility index (Phi) is 3.61. The van der Waals surface area contributed by atoms with Gasteiger partial charge in [0, 0.05) is 16.6 Å². The summed E-state index contributed by atoms with van der Waals surface area (Å²) in [6.45, 7) is 2.23. The van der Waals surface area contributed by atoms with Crippen LogP contribution in [0, 0.1) is 0 Å². The highest BCUT2D eigenvalue weighted by Crippen LogP contribution is 2.34. The van der Waals surface area contributed by atoms with Gasteiger partial charge in [-0.15, -0.1) is 0 Å². The number of likely N-dealkylation sites (tertiary alicyclic amines) is 1. The molecule has 0 atom stereocenters. The number of halogens is 2. The van der Waals surface area contributed by atoms with Gasteiger partial charge in [0.2, 0.25) is 5.28 Å². The summed E-state index contributed by atoms with van der Waals surface area (Å²) in [6, 6.07) is 4.02. The lowest BCUT2D eigenvalue weighted by atomic mass is 9.89. The smallest absolute Gasteiger partial charge is 0.222 e. The molecule has 3 nitrogen and oxygen atoms in total. The van der Waals surface area contributed by atoms with Crippen molar-refractivity contribution in [1.29, 1.82) is 0 Å². The SMILES string of the molecule is CN1CCC(c2cc3nc(Cl)ncc3cc2Cl)CC1. The van der Waals surface area contributed by atoms with Crippen molar-refractivity contribution >= 4 is 34.1 Å². The van der Waals surface area contributed by atoms with Gasteiger partial charge >= 0.3 is 0 Å². The molecule has 2 heterocycles. The van der Waals surface area contributed by atoms with Gasteiger partial charge in [0.25, 0.3) is 0 Å². The molecule has 0 saturated carbocycles. The van der Waals surface area contributed by atoms with Crippen LogP contribution in [0.3, 0.4) is 0 Å². The molecule has 0 amide bonds. The normalized spacial score (nSPS) is 18.1. The van der Waals surface area contributed by atoms with Crippen molar-refractivity contribution in [2.75, 3.05) is 20.1 Å². The molecule has 0 spiro atoms. The van der Waals surface area contributed by atoms with E-state index in [1.165, 1.54) is 5.56 Å². The highest BCUT2D eigenvalue weighted by Gasteiger charge is 2.21. The number of benzene rings is 1. The predicted molar refractivity (Wildman–Crippen MR) is 79.0 cm³/mol. The van der Waals surface area contributed by atoms with Crippen LogP contribution in [0.5, 0.6) is 0 Å². The van der Waals surface area contributed by atoms with Crippen LogP contribution in [0.1, 0.15) is 24.3 Å². The van der Waals surface area contributed by atoms with Crippen LogP contribution in [0.2, 0.25) is 10.3 Å². The molecular formula is C14H15Cl2N3. The molecule has 5 heteroatoms. The van der Waals surface area contributed by atoms with Crippen LogP contribution in [-0.2, 0) is 0 Å². The average molecular weight is 296 g/mol. The number of nitrogens with zero attached hydrogens (tertiary/aromatic N) is 3.